The van der Waals surface area contributed by atoms with E-state index in [1.165, 1.54) is 11.0 Å². The zero-order valence-electron chi connectivity index (χ0n) is 20.0. The van der Waals surface area contributed by atoms with E-state index in [1.807, 2.05) is 42.5 Å². The number of likely N-dealkylation sites (tertiary alicyclic amines) is 1. The van der Waals surface area contributed by atoms with Crippen molar-refractivity contribution in [3.8, 4) is 5.75 Å². The fraction of sp³-hybridized carbons (Fsp3) is 0.370. The van der Waals surface area contributed by atoms with Crippen molar-refractivity contribution in [2.75, 3.05) is 26.7 Å². The van der Waals surface area contributed by atoms with Crippen LogP contribution in [0.15, 0.2) is 54.6 Å². The van der Waals surface area contributed by atoms with Gasteiger partial charge in [0.2, 0.25) is 5.91 Å². The Bertz CT molecular complexity index is 1130. The zero-order valence-corrected chi connectivity index (χ0v) is 20.8. The van der Waals surface area contributed by atoms with Gasteiger partial charge >= 0.3 is 6.03 Å². The number of carbonyl (C=O) groups excluding carboxylic acids is 3. The van der Waals surface area contributed by atoms with Crippen molar-refractivity contribution < 1.29 is 19.1 Å². The van der Waals surface area contributed by atoms with Crippen molar-refractivity contribution in [3.63, 3.8) is 0 Å². The quantitative estimate of drug-likeness (QED) is 0.462. The number of hydrogen-bond acceptors (Lipinski definition) is 4. The lowest BCUT2D eigenvalue weighted by Crippen LogP contribution is -2.54. The van der Waals surface area contributed by atoms with Crippen molar-refractivity contribution >= 4 is 35.5 Å². The molecule has 7 nitrogen and oxygen atoms in total. The lowest BCUT2D eigenvalue weighted by molar-refractivity contribution is -0.134. The molecule has 1 N–H and O–H groups in total. The van der Waals surface area contributed by atoms with Crippen molar-refractivity contribution in [1.29, 1.82) is 0 Å². The zero-order chi connectivity index (χ0) is 25.0. The average Bonchev–Trinajstić information content (AvgIpc) is 3.10. The van der Waals surface area contributed by atoms with E-state index >= 15 is 0 Å². The first-order chi connectivity index (χ1) is 16.8. The molecule has 2 saturated heterocycles. The summed E-state index contributed by atoms with van der Waals surface area (Å²) in [6, 6.07) is 14.6. The largest absolute Gasteiger partial charge is 0.497 e. The number of nitrogens with zero attached hydrogens (tertiary/aromatic N) is 2. The van der Waals surface area contributed by atoms with Crippen LogP contribution in [0.1, 0.15) is 30.9 Å². The van der Waals surface area contributed by atoms with Gasteiger partial charge in [-0.05, 0) is 67.5 Å². The first kappa shape index (κ1) is 24.8. The summed E-state index contributed by atoms with van der Waals surface area (Å²) in [4.78, 5) is 41.7. The Hall–Kier alpha value is -3.32. The Labute approximate surface area is 210 Å². The minimum atomic E-state index is -0.959. The Kier molecular flexibility index (Phi) is 7.45. The molecule has 2 aliphatic heterocycles. The molecule has 1 unspecified atom stereocenters. The summed E-state index contributed by atoms with van der Waals surface area (Å²) in [5, 5.41) is 3.53. The molecule has 0 bridgehead atoms. The monoisotopic (exact) mass is 495 g/mol. The van der Waals surface area contributed by atoms with Crippen LogP contribution in [0.5, 0.6) is 5.75 Å². The highest BCUT2D eigenvalue weighted by Gasteiger charge is 2.52. The number of halogens is 1. The third-order valence-corrected chi connectivity index (χ3v) is 7.36. The van der Waals surface area contributed by atoms with Crippen LogP contribution >= 0.6 is 11.6 Å². The van der Waals surface area contributed by atoms with E-state index in [4.69, 9.17) is 16.3 Å². The van der Waals surface area contributed by atoms with Gasteiger partial charge in [-0.3, -0.25) is 14.5 Å². The van der Waals surface area contributed by atoms with Crippen LogP contribution in [-0.4, -0.2) is 59.9 Å². The number of amides is 4. The van der Waals surface area contributed by atoms with E-state index in [0.717, 1.165) is 16.9 Å². The summed E-state index contributed by atoms with van der Waals surface area (Å²) in [6.45, 7) is 3.18. The molecule has 8 heteroatoms. The van der Waals surface area contributed by atoms with E-state index in [9.17, 15) is 14.4 Å². The number of imide groups is 1. The molecular weight excluding hydrogens is 466 g/mol. The van der Waals surface area contributed by atoms with Gasteiger partial charge in [0.1, 0.15) is 11.3 Å². The number of nitrogens with one attached hydrogen (secondary N) is 1. The standard InChI is InChI=1S/C27H30ClN3O4/c1-27(25(33)31(26(34)29-27)18-13-19-7-10-22(35-2)11-8-19)21-14-16-30(17-15-21)24(32)12-9-20-5-3-4-6-23(20)28/h3-12,21H,13-18H2,1-2H3,(H,29,34)/b12-9+. The summed E-state index contributed by atoms with van der Waals surface area (Å²) >= 11 is 6.16. The minimum Gasteiger partial charge on any atom is -0.497 e. The Morgan fingerprint density at radius 1 is 1.14 bits per heavy atom. The summed E-state index contributed by atoms with van der Waals surface area (Å²) in [7, 11) is 1.61. The predicted octanol–water partition coefficient (Wildman–Crippen LogP) is 4.15. The van der Waals surface area contributed by atoms with Crippen molar-refractivity contribution in [3.05, 3.63) is 70.8 Å². The molecular formula is C27H30ClN3O4. The van der Waals surface area contributed by atoms with E-state index in [1.54, 1.807) is 31.1 Å². The second-order valence-corrected chi connectivity index (χ2v) is 9.55. The lowest BCUT2D eigenvalue weighted by atomic mass is 9.79. The lowest BCUT2D eigenvalue weighted by Gasteiger charge is -2.38. The molecule has 0 saturated carbocycles. The van der Waals surface area contributed by atoms with Gasteiger partial charge in [-0.1, -0.05) is 41.9 Å². The van der Waals surface area contributed by atoms with Gasteiger partial charge < -0.3 is 15.0 Å². The molecule has 35 heavy (non-hydrogen) atoms. The van der Waals surface area contributed by atoms with Crippen molar-refractivity contribution in [1.82, 2.24) is 15.1 Å². The van der Waals surface area contributed by atoms with Crippen LogP contribution in [0.25, 0.3) is 6.08 Å². The predicted molar refractivity (Wildman–Crippen MR) is 135 cm³/mol. The highest BCUT2D eigenvalue weighted by Crippen LogP contribution is 2.33. The van der Waals surface area contributed by atoms with Crippen LogP contribution in [-0.2, 0) is 16.0 Å². The van der Waals surface area contributed by atoms with Crippen molar-refractivity contribution in [2.45, 2.75) is 31.7 Å². The average molecular weight is 496 g/mol. The molecule has 0 spiro atoms. The minimum absolute atomic E-state index is 0.0402. The fourth-order valence-corrected chi connectivity index (χ4v) is 4.98. The number of urea groups is 1. The molecule has 184 valence electrons. The van der Waals surface area contributed by atoms with Crippen molar-refractivity contribution in [2.24, 2.45) is 5.92 Å². The van der Waals surface area contributed by atoms with Gasteiger partial charge in [-0.15, -0.1) is 0 Å². The normalized spacial score (nSPS) is 21.0. The van der Waals surface area contributed by atoms with Gasteiger partial charge in [0.25, 0.3) is 5.91 Å². The van der Waals surface area contributed by atoms with Gasteiger partial charge in [-0.25, -0.2) is 4.79 Å². The van der Waals surface area contributed by atoms with E-state index in [0.29, 0.717) is 43.9 Å². The maximum atomic E-state index is 13.3. The highest BCUT2D eigenvalue weighted by atomic mass is 35.5. The van der Waals surface area contributed by atoms with Crippen LogP contribution in [0.4, 0.5) is 4.79 Å². The number of piperidine rings is 1. The third-order valence-electron chi connectivity index (χ3n) is 7.02. The Balaban J connectivity index is 1.33. The second-order valence-electron chi connectivity index (χ2n) is 9.14. The Morgan fingerprint density at radius 2 is 1.83 bits per heavy atom. The van der Waals surface area contributed by atoms with Gasteiger partial charge in [0.05, 0.1) is 7.11 Å². The molecule has 0 aliphatic carbocycles. The SMILES string of the molecule is COc1ccc(CCN2C(=O)NC(C)(C3CCN(C(=O)/C=C/c4ccccc4Cl)CC3)C2=O)cc1. The molecule has 2 heterocycles. The van der Waals surface area contributed by atoms with E-state index in [2.05, 4.69) is 5.32 Å². The number of ether oxygens (including phenoxy) is 1. The first-order valence-electron chi connectivity index (χ1n) is 11.8. The number of hydrogen-bond donors (Lipinski definition) is 1. The molecule has 4 amide bonds. The fourth-order valence-electron chi connectivity index (χ4n) is 4.78. The second kappa shape index (κ2) is 10.5. The molecule has 2 fully saturated rings. The molecule has 4 rings (SSSR count). The molecule has 2 aromatic rings. The molecule has 0 aromatic heterocycles. The highest BCUT2D eigenvalue weighted by molar-refractivity contribution is 6.32. The first-order valence-corrected chi connectivity index (χ1v) is 12.2. The van der Waals surface area contributed by atoms with Crippen LogP contribution < -0.4 is 10.1 Å². The number of benzene rings is 2. The van der Waals surface area contributed by atoms with E-state index in [-0.39, 0.29) is 23.8 Å². The summed E-state index contributed by atoms with van der Waals surface area (Å²) < 4.78 is 5.17. The molecule has 1 atom stereocenters. The maximum Gasteiger partial charge on any atom is 0.325 e. The van der Waals surface area contributed by atoms with Gasteiger partial charge in [-0.2, -0.15) is 0 Å². The van der Waals surface area contributed by atoms with Gasteiger partial charge in [0.15, 0.2) is 0 Å². The molecule has 2 aliphatic rings. The third kappa shape index (κ3) is 5.35. The van der Waals surface area contributed by atoms with Crippen LogP contribution in [0.2, 0.25) is 5.02 Å². The molecule has 0 radical (unpaired) electrons. The van der Waals surface area contributed by atoms with E-state index < -0.39 is 5.54 Å². The topological polar surface area (TPSA) is 79.0 Å². The summed E-state index contributed by atoms with van der Waals surface area (Å²) in [6.07, 6.45) is 5.11. The van der Waals surface area contributed by atoms with Crippen LogP contribution in [0.3, 0.4) is 0 Å². The summed E-state index contributed by atoms with van der Waals surface area (Å²) in [5.41, 5.74) is 0.857. The maximum absolute atomic E-state index is 13.3. The number of methoxy groups -OCH3 is 1. The summed E-state index contributed by atoms with van der Waals surface area (Å²) in [5.74, 6) is 0.442. The van der Waals surface area contributed by atoms with Gasteiger partial charge in [0, 0.05) is 30.7 Å². The smallest absolute Gasteiger partial charge is 0.325 e. The Morgan fingerprint density at radius 3 is 2.49 bits per heavy atom. The number of carbonyl (C=O) groups is 3. The van der Waals surface area contributed by atoms with Crippen LogP contribution in [0, 0.1) is 5.92 Å². The molecule has 2 aromatic carbocycles. The number of rotatable bonds is 7.